The first kappa shape index (κ1) is 12.5. The third-order valence-corrected chi connectivity index (χ3v) is 3.33. The van der Waals surface area contributed by atoms with Gasteiger partial charge in [-0.25, -0.2) is 4.79 Å². The van der Waals surface area contributed by atoms with Crippen molar-refractivity contribution in [3.8, 4) is 0 Å². The van der Waals surface area contributed by atoms with Gasteiger partial charge in [0.2, 0.25) is 0 Å². The van der Waals surface area contributed by atoms with Crippen molar-refractivity contribution in [2.45, 2.75) is 19.3 Å². The molecule has 5 nitrogen and oxygen atoms in total. The van der Waals surface area contributed by atoms with E-state index in [-0.39, 0.29) is 11.5 Å². The molecule has 0 aromatic carbocycles. The Morgan fingerprint density at radius 2 is 2.17 bits per heavy atom. The molecule has 1 saturated carbocycles. The van der Waals surface area contributed by atoms with Crippen LogP contribution in [-0.2, 0) is 0 Å². The van der Waals surface area contributed by atoms with Gasteiger partial charge in [0.25, 0.3) is 5.91 Å². The number of hydrogen-bond donors (Lipinski definition) is 1. The van der Waals surface area contributed by atoms with Crippen LogP contribution in [0.4, 0.5) is 0 Å². The molecule has 1 amide bonds. The van der Waals surface area contributed by atoms with Gasteiger partial charge in [-0.05, 0) is 30.9 Å². The van der Waals surface area contributed by atoms with Crippen LogP contribution < -0.4 is 0 Å². The number of carbonyl (C=O) groups is 2. The molecule has 0 atom stereocenters. The predicted octanol–water partition coefficient (Wildman–Crippen LogP) is 1.65. The Balaban J connectivity index is 2.00. The Morgan fingerprint density at radius 1 is 1.44 bits per heavy atom. The van der Waals surface area contributed by atoms with E-state index in [9.17, 15) is 9.59 Å². The van der Waals surface area contributed by atoms with Crippen molar-refractivity contribution in [3.05, 3.63) is 29.6 Å². The zero-order chi connectivity index (χ0) is 13.1. The van der Waals surface area contributed by atoms with Crippen molar-refractivity contribution in [2.24, 2.45) is 5.92 Å². The summed E-state index contributed by atoms with van der Waals surface area (Å²) in [6.45, 7) is 0.751. The van der Waals surface area contributed by atoms with Gasteiger partial charge in [0.05, 0.1) is 5.56 Å². The maximum atomic E-state index is 12.0. The molecule has 1 aromatic rings. The van der Waals surface area contributed by atoms with Crippen LogP contribution >= 0.6 is 0 Å². The molecule has 1 aliphatic carbocycles. The Kier molecular flexibility index (Phi) is 3.60. The van der Waals surface area contributed by atoms with E-state index in [1.807, 2.05) is 0 Å². The summed E-state index contributed by atoms with van der Waals surface area (Å²) in [4.78, 5) is 28.2. The van der Waals surface area contributed by atoms with Crippen LogP contribution in [0.5, 0.6) is 0 Å². The lowest BCUT2D eigenvalue weighted by Crippen LogP contribution is -2.34. The first-order valence-corrected chi connectivity index (χ1v) is 6.02. The second kappa shape index (κ2) is 5.16. The van der Waals surface area contributed by atoms with E-state index in [0.717, 1.165) is 6.54 Å². The van der Waals surface area contributed by atoms with Gasteiger partial charge >= 0.3 is 5.97 Å². The second-order valence-corrected chi connectivity index (χ2v) is 4.72. The van der Waals surface area contributed by atoms with E-state index in [2.05, 4.69) is 4.98 Å². The minimum Gasteiger partial charge on any atom is -0.478 e. The van der Waals surface area contributed by atoms with E-state index >= 15 is 0 Å². The number of hydrogen-bond acceptors (Lipinski definition) is 3. The van der Waals surface area contributed by atoms with Gasteiger partial charge in [-0.2, -0.15) is 0 Å². The number of pyridine rings is 1. The predicted molar refractivity (Wildman–Crippen MR) is 65.5 cm³/mol. The van der Waals surface area contributed by atoms with E-state index < -0.39 is 5.97 Å². The van der Waals surface area contributed by atoms with Gasteiger partial charge < -0.3 is 10.0 Å². The Morgan fingerprint density at radius 3 is 2.61 bits per heavy atom. The highest BCUT2D eigenvalue weighted by Gasteiger charge is 2.22. The van der Waals surface area contributed by atoms with Crippen LogP contribution in [0.25, 0.3) is 0 Å². The van der Waals surface area contributed by atoms with Crippen molar-refractivity contribution < 1.29 is 14.7 Å². The number of amides is 1. The summed E-state index contributed by atoms with van der Waals surface area (Å²) in [5, 5.41) is 8.75. The summed E-state index contributed by atoms with van der Waals surface area (Å²) in [6, 6.07) is 2.86. The van der Waals surface area contributed by atoms with Crippen LogP contribution in [-0.4, -0.2) is 40.5 Å². The molecule has 1 heterocycles. The van der Waals surface area contributed by atoms with Crippen molar-refractivity contribution in [2.75, 3.05) is 13.6 Å². The minimum absolute atomic E-state index is 0.0909. The largest absolute Gasteiger partial charge is 0.478 e. The normalized spacial score (nSPS) is 14.9. The van der Waals surface area contributed by atoms with Crippen molar-refractivity contribution in [3.63, 3.8) is 0 Å². The van der Waals surface area contributed by atoms with Gasteiger partial charge in [0.1, 0.15) is 5.69 Å². The highest BCUT2D eigenvalue weighted by atomic mass is 16.4. The van der Waals surface area contributed by atoms with Crippen molar-refractivity contribution in [1.29, 1.82) is 0 Å². The first-order chi connectivity index (χ1) is 8.58. The van der Waals surface area contributed by atoms with Crippen LogP contribution in [0.15, 0.2) is 18.3 Å². The molecule has 0 radical (unpaired) electrons. The molecular formula is C13H16N2O3. The first-order valence-electron chi connectivity index (χ1n) is 6.02. The maximum absolute atomic E-state index is 12.0. The maximum Gasteiger partial charge on any atom is 0.337 e. The summed E-state index contributed by atoms with van der Waals surface area (Å²) in [6.07, 6.45) is 4.83. The van der Waals surface area contributed by atoms with Crippen molar-refractivity contribution >= 4 is 11.9 Å². The summed E-state index contributed by atoms with van der Waals surface area (Å²) in [7, 11) is 1.76. The highest BCUT2D eigenvalue weighted by molar-refractivity contribution is 5.93. The third kappa shape index (κ3) is 2.67. The third-order valence-electron chi connectivity index (χ3n) is 3.33. The SMILES string of the molecule is CN(CC1CCC1)C(=O)c1ccc(C(=O)O)cn1. The highest BCUT2D eigenvalue weighted by Crippen LogP contribution is 2.26. The fourth-order valence-electron chi connectivity index (χ4n) is 1.99. The van der Waals surface area contributed by atoms with Crippen molar-refractivity contribution in [1.82, 2.24) is 9.88 Å². The zero-order valence-corrected chi connectivity index (χ0v) is 10.3. The topological polar surface area (TPSA) is 70.5 Å². The molecule has 1 aromatic heterocycles. The number of aromatic nitrogens is 1. The number of carboxylic acid groups (broad SMARTS) is 1. The zero-order valence-electron chi connectivity index (χ0n) is 10.3. The Hall–Kier alpha value is -1.91. The fraction of sp³-hybridized carbons (Fsp3) is 0.462. The summed E-state index contributed by atoms with van der Waals surface area (Å²) < 4.78 is 0. The van der Waals surface area contributed by atoms with Gasteiger partial charge in [0, 0.05) is 19.8 Å². The van der Waals surface area contributed by atoms with Crippen LogP contribution in [0, 0.1) is 5.92 Å². The summed E-state index contributed by atoms with van der Waals surface area (Å²) in [5.41, 5.74) is 0.384. The monoisotopic (exact) mass is 248 g/mol. The van der Waals surface area contributed by atoms with Crippen LogP contribution in [0.1, 0.15) is 40.1 Å². The molecular weight excluding hydrogens is 232 g/mol. The molecule has 2 rings (SSSR count). The average Bonchev–Trinajstić information content (AvgIpc) is 2.32. The lowest BCUT2D eigenvalue weighted by molar-refractivity contribution is 0.0692. The number of rotatable bonds is 4. The van der Waals surface area contributed by atoms with E-state index in [1.54, 1.807) is 11.9 Å². The molecule has 0 bridgehead atoms. The summed E-state index contributed by atoms with van der Waals surface area (Å²) in [5.74, 6) is -0.583. The molecule has 18 heavy (non-hydrogen) atoms. The standard InChI is InChI=1S/C13H16N2O3/c1-15(8-9-3-2-4-9)12(16)11-6-5-10(7-14-11)13(17)18/h5-7,9H,2-4,8H2,1H3,(H,17,18). The van der Waals surface area contributed by atoms with E-state index in [0.29, 0.717) is 11.6 Å². The Labute approximate surface area is 105 Å². The minimum atomic E-state index is -1.04. The fourth-order valence-corrected chi connectivity index (χ4v) is 1.99. The number of carbonyl (C=O) groups excluding carboxylic acids is 1. The molecule has 5 heteroatoms. The van der Waals surface area contributed by atoms with Crippen LogP contribution in [0.2, 0.25) is 0 Å². The van der Waals surface area contributed by atoms with Crippen LogP contribution in [0.3, 0.4) is 0 Å². The second-order valence-electron chi connectivity index (χ2n) is 4.72. The molecule has 96 valence electrons. The molecule has 1 N–H and O–H groups in total. The molecule has 1 aliphatic rings. The quantitative estimate of drug-likeness (QED) is 0.879. The lowest BCUT2D eigenvalue weighted by Gasteiger charge is -2.29. The molecule has 1 fully saturated rings. The number of aromatic carboxylic acids is 1. The molecule has 0 unspecified atom stereocenters. The smallest absolute Gasteiger partial charge is 0.337 e. The van der Waals surface area contributed by atoms with Gasteiger partial charge in [-0.3, -0.25) is 9.78 Å². The lowest BCUT2D eigenvalue weighted by atomic mass is 9.85. The van der Waals surface area contributed by atoms with Gasteiger partial charge in [-0.1, -0.05) is 6.42 Å². The molecule has 0 saturated heterocycles. The molecule has 0 spiro atoms. The summed E-state index contributed by atoms with van der Waals surface area (Å²) >= 11 is 0. The Bertz CT molecular complexity index is 452. The van der Waals surface area contributed by atoms with E-state index in [1.165, 1.54) is 37.6 Å². The average molecular weight is 248 g/mol. The molecule has 0 aliphatic heterocycles. The number of nitrogens with zero attached hydrogens (tertiary/aromatic N) is 2. The van der Waals surface area contributed by atoms with Gasteiger partial charge in [-0.15, -0.1) is 0 Å². The van der Waals surface area contributed by atoms with Gasteiger partial charge in [0.15, 0.2) is 0 Å². The number of carboxylic acids is 1. The van der Waals surface area contributed by atoms with E-state index in [4.69, 9.17) is 5.11 Å².